The van der Waals surface area contributed by atoms with Gasteiger partial charge in [0.25, 0.3) is 0 Å². The molecule has 1 aromatic rings. The largest absolute Gasteiger partial charge is 0.352 e. The molecule has 1 rings (SSSR count). The van der Waals surface area contributed by atoms with Crippen molar-refractivity contribution in [2.75, 3.05) is 0 Å². The number of hydrogen-bond acceptors (Lipinski definition) is 2. The second-order valence-electron chi connectivity index (χ2n) is 5.36. The Bertz CT molecular complexity index is 436. The number of benzene rings is 1. The minimum absolute atomic E-state index is 0.0193. The Morgan fingerprint density at radius 2 is 2.00 bits per heavy atom. The Morgan fingerprint density at radius 1 is 1.30 bits per heavy atom. The second kappa shape index (κ2) is 8.00. The summed E-state index contributed by atoms with van der Waals surface area (Å²) in [5.74, 6) is -0.279. The molecule has 3 nitrogen and oxygen atoms in total. The van der Waals surface area contributed by atoms with Gasteiger partial charge in [0.2, 0.25) is 5.91 Å². The number of halogens is 1. The topological polar surface area (TPSA) is 41.1 Å². The van der Waals surface area contributed by atoms with Crippen LogP contribution in [0.5, 0.6) is 0 Å². The molecular weight excluding hydrogens is 255 g/mol. The van der Waals surface area contributed by atoms with Gasteiger partial charge in [-0.05, 0) is 44.9 Å². The summed E-state index contributed by atoms with van der Waals surface area (Å²) in [7, 11) is 0. The predicted octanol–water partition coefficient (Wildman–Crippen LogP) is 3.17. The third-order valence-electron chi connectivity index (χ3n) is 3.35. The van der Waals surface area contributed by atoms with Gasteiger partial charge in [-0.2, -0.15) is 0 Å². The van der Waals surface area contributed by atoms with E-state index in [1.807, 2.05) is 26.8 Å². The molecule has 2 N–H and O–H groups in total. The molecule has 3 atom stereocenters. The smallest absolute Gasteiger partial charge is 0.237 e. The fourth-order valence-corrected chi connectivity index (χ4v) is 2.20. The van der Waals surface area contributed by atoms with Crippen molar-refractivity contribution in [1.82, 2.24) is 10.6 Å². The molecule has 20 heavy (non-hydrogen) atoms. The fourth-order valence-electron chi connectivity index (χ4n) is 2.20. The zero-order valence-electron chi connectivity index (χ0n) is 12.7. The molecule has 0 heterocycles. The van der Waals surface area contributed by atoms with E-state index in [1.165, 1.54) is 12.1 Å². The molecule has 112 valence electrons. The molecule has 4 heteroatoms. The van der Waals surface area contributed by atoms with Crippen LogP contribution in [-0.4, -0.2) is 18.0 Å². The summed E-state index contributed by atoms with van der Waals surface area (Å²) >= 11 is 0. The molecule has 0 fully saturated rings. The van der Waals surface area contributed by atoms with Crippen LogP contribution < -0.4 is 10.6 Å². The van der Waals surface area contributed by atoms with Gasteiger partial charge in [0.15, 0.2) is 0 Å². The SMILES string of the molecule is CCCC(C)NC(=O)C(C)NC(C)c1cccc(F)c1. The molecule has 0 spiro atoms. The molecule has 0 saturated heterocycles. The van der Waals surface area contributed by atoms with Crippen LogP contribution in [0, 0.1) is 5.82 Å². The first-order chi connectivity index (χ1) is 9.43. The minimum atomic E-state index is -0.312. The maximum Gasteiger partial charge on any atom is 0.237 e. The summed E-state index contributed by atoms with van der Waals surface area (Å²) in [5.41, 5.74) is 0.839. The highest BCUT2D eigenvalue weighted by molar-refractivity contribution is 5.81. The monoisotopic (exact) mass is 280 g/mol. The van der Waals surface area contributed by atoms with Crippen molar-refractivity contribution in [2.24, 2.45) is 0 Å². The summed E-state index contributed by atoms with van der Waals surface area (Å²) in [5, 5.41) is 6.17. The van der Waals surface area contributed by atoms with Crippen molar-refractivity contribution in [1.29, 1.82) is 0 Å². The van der Waals surface area contributed by atoms with Gasteiger partial charge in [-0.25, -0.2) is 4.39 Å². The standard InChI is InChI=1S/C16H25FN2O/c1-5-7-11(2)18-16(20)13(4)19-12(3)14-8-6-9-15(17)10-14/h6,8-13,19H,5,7H2,1-4H3,(H,18,20). The molecule has 1 aromatic carbocycles. The van der Waals surface area contributed by atoms with Crippen LogP contribution in [0.4, 0.5) is 4.39 Å². The van der Waals surface area contributed by atoms with Gasteiger partial charge in [0.05, 0.1) is 6.04 Å². The minimum Gasteiger partial charge on any atom is -0.352 e. The highest BCUT2D eigenvalue weighted by Gasteiger charge is 2.17. The van der Waals surface area contributed by atoms with Crippen molar-refractivity contribution in [3.63, 3.8) is 0 Å². The van der Waals surface area contributed by atoms with E-state index < -0.39 is 0 Å². The van der Waals surface area contributed by atoms with Crippen molar-refractivity contribution in [3.8, 4) is 0 Å². The van der Waals surface area contributed by atoms with Gasteiger partial charge in [0.1, 0.15) is 5.82 Å². The molecule has 0 aromatic heterocycles. The number of carbonyl (C=O) groups is 1. The molecule has 0 aliphatic carbocycles. The molecular formula is C16H25FN2O. The molecule has 1 amide bonds. The summed E-state index contributed by atoms with van der Waals surface area (Å²) in [6.07, 6.45) is 2.01. The molecule has 0 aliphatic heterocycles. The molecule has 0 aliphatic rings. The third-order valence-corrected chi connectivity index (χ3v) is 3.35. The Hall–Kier alpha value is -1.42. The highest BCUT2D eigenvalue weighted by Crippen LogP contribution is 2.14. The average Bonchev–Trinajstić information content (AvgIpc) is 2.38. The Morgan fingerprint density at radius 3 is 2.60 bits per heavy atom. The first kappa shape index (κ1) is 16.6. The van der Waals surface area contributed by atoms with Crippen molar-refractivity contribution in [2.45, 2.75) is 58.7 Å². The predicted molar refractivity (Wildman–Crippen MR) is 79.9 cm³/mol. The van der Waals surface area contributed by atoms with E-state index in [9.17, 15) is 9.18 Å². The molecule has 0 radical (unpaired) electrons. The number of carbonyl (C=O) groups excluding carboxylic acids is 1. The van der Waals surface area contributed by atoms with Crippen LogP contribution in [0.3, 0.4) is 0 Å². The van der Waals surface area contributed by atoms with Crippen LogP contribution in [-0.2, 0) is 4.79 Å². The Balaban J connectivity index is 2.52. The molecule has 3 unspecified atom stereocenters. The maximum atomic E-state index is 13.2. The molecule has 0 bridgehead atoms. The zero-order valence-corrected chi connectivity index (χ0v) is 12.7. The van der Waals surface area contributed by atoms with Crippen LogP contribution in [0.15, 0.2) is 24.3 Å². The van der Waals surface area contributed by atoms with E-state index in [1.54, 1.807) is 6.07 Å². The van der Waals surface area contributed by atoms with Crippen LogP contribution in [0.25, 0.3) is 0 Å². The number of amides is 1. The Labute approximate surface area is 121 Å². The van der Waals surface area contributed by atoms with Gasteiger partial charge in [-0.15, -0.1) is 0 Å². The number of hydrogen-bond donors (Lipinski definition) is 2. The van der Waals surface area contributed by atoms with Crippen molar-refractivity contribution >= 4 is 5.91 Å². The van der Waals surface area contributed by atoms with E-state index in [0.29, 0.717) is 0 Å². The first-order valence-electron chi connectivity index (χ1n) is 7.26. The van der Waals surface area contributed by atoms with Crippen LogP contribution in [0.2, 0.25) is 0 Å². The van der Waals surface area contributed by atoms with Gasteiger partial charge >= 0.3 is 0 Å². The van der Waals surface area contributed by atoms with E-state index in [-0.39, 0.29) is 29.8 Å². The lowest BCUT2D eigenvalue weighted by Crippen LogP contribution is -2.46. The lowest BCUT2D eigenvalue weighted by molar-refractivity contribution is -0.123. The van der Waals surface area contributed by atoms with E-state index >= 15 is 0 Å². The van der Waals surface area contributed by atoms with E-state index in [2.05, 4.69) is 17.6 Å². The van der Waals surface area contributed by atoms with E-state index in [4.69, 9.17) is 0 Å². The Kier molecular flexibility index (Phi) is 6.65. The zero-order chi connectivity index (χ0) is 15.1. The third kappa shape index (κ3) is 5.29. The van der Waals surface area contributed by atoms with Crippen molar-refractivity contribution < 1.29 is 9.18 Å². The lowest BCUT2D eigenvalue weighted by Gasteiger charge is -2.22. The molecule has 0 saturated carbocycles. The van der Waals surface area contributed by atoms with Gasteiger partial charge in [0, 0.05) is 12.1 Å². The number of nitrogens with one attached hydrogen (secondary N) is 2. The van der Waals surface area contributed by atoms with Crippen LogP contribution >= 0.6 is 0 Å². The maximum absolute atomic E-state index is 13.2. The van der Waals surface area contributed by atoms with Crippen molar-refractivity contribution in [3.05, 3.63) is 35.6 Å². The summed E-state index contributed by atoms with van der Waals surface area (Å²) in [4.78, 5) is 12.0. The number of rotatable bonds is 7. The quantitative estimate of drug-likeness (QED) is 0.805. The highest BCUT2D eigenvalue weighted by atomic mass is 19.1. The summed E-state index contributed by atoms with van der Waals surface area (Å²) in [6.45, 7) is 7.85. The van der Waals surface area contributed by atoms with Gasteiger partial charge in [-0.1, -0.05) is 25.5 Å². The first-order valence-corrected chi connectivity index (χ1v) is 7.26. The van der Waals surface area contributed by atoms with Gasteiger partial charge in [-0.3, -0.25) is 10.1 Å². The summed E-state index contributed by atoms with van der Waals surface area (Å²) in [6, 6.07) is 6.23. The summed E-state index contributed by atoms with van der Waals surface area (Å²) < 4.78 is 13.2. The normalized spacial score (nSPS) is 15.4. The van der Waals surface area contributed by atoms with Gasteiger partial charge < -0.3 is 5.32 Å². The van der Waals surface area contributed by atoms with E-state index in [0.717, 1.165) is 18.4 Å². The fraction of sp³-hybridized carbons (Fsp3) is 0.562. The van der Waals surface area contributed by atoms with Crippen LogP contribution in [0.1, 0.15) is 52.1 Å². The second-order valence-corrected chi connectivity index (χ2v) is 5.36. The average molecular weight is 280 g/mol. The lowest BCUT2D eigenvalue weighted by atomic mass is 10.1.